The molecule has 2 N–H and O–H groups in total. The molecule has 0 spiro atoms. The summed E-state index contributed by atoms with van der Waals surface area (Å²) in [5, 5.41) is 11.9. The molecule has 2 rings (SSSR count). The highest BCUT2D eigenvalue weighted by Gasteiger charge is 2.28. The molecule has 6 heteroatoms. The van der Waals surface area contributed by atoms with Crippen molar-refractivity contribution in [1.82, 2.24) is 10.2 Å². The molecular weight excluding hydrogens is 296 g/mol. The predicted octanol–water partition coefficient (Wildman–Crippen LogP) is 0.644. The largest absolute Gasteiger partial charge is 0.394 e. The van der Waals surface area contributed by atoms with Gasteiger partial charge in [0.25, 0.3) is 5.91 Å². The molecule has 0 radical (unpaired) electrons. The highest BCUT2D eigenvalue weighted by molar-refractivity contribution is 5.95. The molecule has 1 fully saturated rings. The maximum atomic E-state index is 12.6. The zero-order valence-electron chi connectivity index (χ0n) is 13.8. The van der Waals surface area contributed by atoms with Crippen LogP contribution in [0.15, 0.2) is 24.3 Å². The first-order valence-electron chi connectivity index (χ1n) is 7.95. The van der Waals surface area contributed by atoms with E-state index in [9.17, 15) is 4.79 Å². The fraction of sp³-hybridized carbons (Fsp3) is 0.588. The molecule has 0 bridgehead atoms. The Kier molecular flexibility index (Phi) is 6.98. The zero-order chi connectivity index (χ0) is 16.7. The van der Waals surface area contributed by atoms with Gasteiger partial charge in [-0.1, -0.05) is 18.2 Å². The van der Waals surface area contributed by atoms with E-state index in [1.165, 1.54) is 0 Å². The number of carbonyl (C=O) groups is 1. The minimum Gasteiger partial charge on any atom is -0.394 e. The van der Waals surface area contributed by atoms with E-state index in [0.717, 1.165) is 5.56 Å². The highest BCUT2D eigenvalue weighted by atomic mass is 16.5. The number of amides is 1. The molecule has 128 valence electrons. The van der Waals surface area contributed by atoms with Crippen LogP contribution in [0.1, 0.15) is 22.3 Å². The lowest BCUT2D eigenvalue weighted by Crippen LogP contribution is -2.51. The summed E-state index contributed by atoms with van der Waals surface area (Å²) in [4.78, 5) is 14.7. The Labute approximate surface area is 137 Å². The Morgan fingerprint density at radius 2 is 2.22 bits per heavy atom. The number of aliphatic hydroxyl groups excluding tert-OH is 1. The van der Waals surface area contributed by atoms with Crippen molar-refractivity contribution in [2.75, 3.05) is 40.5 Å². The second kappa shape index (κ2) is 8.98. The van der Waals surface area contributed by atoms with Crippen LogP contribution in [-0.4, -0.2) is 68.6 Å². The van der Waals surface area contributed by atoms with Gasteiger partial charge in [-0.15, -0.1) is 0 Å². The van der Waals surface area contributed by atoms with E-state index in [4.69, 9.17) is 14.6 Å². The van der Waals surface area contributed by atoms with Crippen molar-refractivity contribution >= 4 is 5.91 Å². The van der Waals surface area contributed by atoms with Crippen LogP contribution in [0.3, 0.4) is 0 Å². The number of ether oxygens (including phenoxy) is 2. The SMILES string of the molecule is CN(C)Cc1ccccc1C(=O)N[C@@H]1COCC[C@@H]1OCCO. The number of nitrogens with one attached hydrogen (secondary N) is 1. The molecule has 6 nitrogen and oxygen atoms in total. The Morgan fingerprint density at radius 3 is 2.96 bits per heavy atom. The number of rotatable bonds is 7. The normalized spacial score (nSPS) is 21.4. The summed E-state index contributed by atoms with van der Waals surface area (Å²) in [6.07, 6.45) is 0.588. The number of nitrogens with zero attached hydrogens (tertiary/aromatic N) is 1. The summed E-state index contributed by atoms with van der Waals surface area (Å²) in [5.41, 5.74) is 1.66. The van der Waals surface area contributed by atoms with Crippen LogP contribution in [0, 0.1) is 0 Å². The monoisotopic (exact) mass is 322 g/mol. The quantitative estimate of drug-likeness (QED) is 0.771. The average Bonchev–Trinajstić information content (AvgIpc) is 2.54. The maximum Gasteiger partial charge on any atom is 0.251 e. The average molecular weight is 322 g/mol. The van der Waals surface area contributed by atoms with E-state index in [1.54, 1.807) is 0 Å². The smallest absolute Gasteiger partial charge is 0.251 e. The minimum absolute atomic E-state index is 0.0241. The van der Waals surface area contributed by atoms with Gasteiger partial charge < -0.3 is 24.8 Å². The minimum atomic E-state index is -0.199. The molecule has 1 aromatic rings. The second-order valence-electron chi connectivity index (χ2n) is 5.97. The summed E-state index contributed by atoms with van der Waals surface area (Å²) in [5.74, 6) is -0.115. The van der Waals surface area contributed by atoms with Crippen LogP contribution in [0.2, 0.25) is 0 Å². The van der Waals surface area contributed by atoms with Gasteiger partial charge in [0.2, 0.25) is 0 Å². The first-order chi connectivity index (χ1) is 11.1. The van der Waals surface area contributed by atoms with Crippen molar-refractivity contribution in [2.24, 2.45) is 0 Å². The van der Waals surface area contributed by atoms with Crippen LogP contribution >= 0.6 is 0 Å². The molecule has 0 aliphatic carbocycles. The van der Waals surface area contributed by atoms with E-state index in [0.29, 0.717) is 31.7 Å². The van der Waals surface area contributed by atoms with Crippen LogP contribution in [0.5, 0.6) is 0 Å². The molecular formula is C17H26N2O4. The summed E-state index contributed by atoms with van der Waals surface area (Å²) in [6, 6.07) is 7.40. The molecule has 1 aliphatic heterocycles. The molecule has 1 heterocycles. The lowest BCUT2D eigenvalue weighted by molar-refractivity contribution is -0.0612. The van der Waals surface area contributed by atoms with Crippen molar-refractivity contribution in [3.8, 4) is 0 Å². The molecule has 1 saturated heterocycles. The van der Waals surface area contributed by atoms with Crippen LogP contribution in [-0.2, 0) is 16.0 Å². The number of hydrogen-bond donors (Lipinski definition) is 2. The molecule has 0 unspecified atom stereocenters. The molecule has 23 heavy (non-hydrogen) atoms. The molecule has 0 saturated carbocycles. The molecule has 1 aliphatic rings. The Balaban J connectivity index is 2.05. The van der Waals surface area contributed by atoms with Gasteiger partial charge in [-0.25, -0.2) is 0 Å². The standard InChI is InChI=1S/C17H26N2O4/c1-19(2)11-13-5-3-4-6-14(13)17(21)18-15-12-22-9-7-16(15)23-10-8-20/h3-6,15-16,20H,7-12H2,1-2H3,(H,18,21)/t15-,16+/m1/s1. The van der Waals surface area contributed by atoms with Crippen molar-refractivity contribution in [2.45, 2.75) is 25.1 Å². The predicted molar refractivity (Wildman–Crippen MR) is 87.3 cm³/mol. The second-order valence-corrected chi connectivity index (χ2v) is 5.97. The van der Waals surface area contributed by atoms with E-state index >= 15 is 0 Å². The van der Waals surface area contributed by atoms with Crippen molar-refractivity contribution < 1.29 is 19.4 Å². The fourth-order valence-electron chi connectivity index (χ4n) is 2.72. The van der Waals surface area contributed by atoms with Crippen molar-refractivity contribution in [3.63, 3.8) is 0 Å². The molecule has 0 aromatic heterocycles. The first kappa shape index (κ1) is 17.9. The fourth-order valence-corrected chi connectivity index (χ4v) is 2.72. The van der Waals surface area contributed by atoms with Crippen LogP contribution < -0.4 is 5.32 Å². The Hall–Kier alpha value is -1.47. The van der Waals surface area contributed by atoms with E-state index < -0.39 is 0 Å². The highest BCUT2D eigenvalue weighted by Crippen LogP contribution is 2.15. The third kappa shape index (κ3) is 5.28. The first-order valence-corrected chi connectivity index (χ1v) is 7.95. The Bertz CT molecular complexity index is 507. The van der Waals surface area contributed by atoms with Gasteiger partial charge in [0, 0.05) is 18.7 Å². The van der Waals surface area contributed by atoms with Gasteiger partial charge in [0.1, 0.15) is 0 Å². The Morgan fingerprint density at radius 1 is 1.43 bits per heavy atom. The number of carbonyl (C=O) groups excluding carboxylic acids is 1. The van der Waals surface area contributed by atoms with Gasteiger partial charge in [0.15, 0.2) is 0 Å². The summed E-state index contributed by atoms with van der Waals surface area (Å²) in [7, 11) is 3.95. The topological polar surface area (TPSA) is 71.0 Å². The molecule has 1 amide bonds. The van der Waals surface area contributed by atoms with Crippen LogP contribution in [0.4, 0.5) is 0 Å². The lowest BCUT2D eigenvalue weighted by Gasteiger charge is -2.32. The number of benzene rings is 1. The van der Waals surface area contributed by atoms with E-state index in [-0.39, 0.29) is 31.3 Å². The van der Waals surface area contributed by atoms with Crippen LogP contribution in [0.25, 0.3) is 0 Å². The molecule has 2 atom stereocenters. The van der Waals surface area contributed by atoms with E-state index in [2.05, 4.69) is 5.32 Å². The third-order valence-corrected chi connectivity index (χ3v) is 3.78. The molecule has 1 aromatic carbocycles. The van der Waals surface area contributed by atoms with Gasteiger partial charge >= 0.3 is 0 Å². The number of aliphatic hydroxyl groups is 1. The summed E-state index contributed by atoms with van der Waals surface area (Å²) < 4.78 is 11.1. The van der Waals surface area contributed by atoms with Gasteiger partial charge in [-0.3, -0.25) is 4.79 Å². The van der Waals surface area contributed by atoms with Gasteiger partial charge in [0.05, 0.1) is 32.0 Å². The summed E-state index contributed by atoms with van der Waals surface area (Å²) in [6.45, 7) is 1.99. The van der Waals surface area contributed by atoms with Gasteiger partial charge in [-0.2, -0.15) is 0 Å². The third-order valence-electron chi connectivity index (χ3n) is 3.78. The maximum absolute atomic E-state index is 12.6. The van der Waals surface area contributed by atoms with Crippen molar-refractivity contribution in [1.29, 1.82) is 0 Å². The zero-order valence-corrected chi connectivity index (χ0v) is 13.8. The lowest BCUT2D eigenvalue weighted by atomic mass is 10.0. The van der Waals surface area contributed by atoms with Crippen molar-refractivity contribution in [3.05, 3.63) is 35.4 Å². The summed E-state index contributed by atoms with van der Waals surface area (Å²) >= 11 is 0. The van der Waals surface area contributed by atoms with E-state index in [1.807, 2.05) is 43.3 Å². The van der Waals surface area contributed by atoms with Gasteiger partial charge in [-0.05, 0) is 32.1 Å². The number of hydrogen-bond acceptors (Lipinski definition) is 5.